The zero-order valence-electron chi connectivity index (χ0n) is 8.22. The fourth-order valence-corrected chi connectivity index (χ4v) is 1.46. The van der Waals surface area contributed by atoms with Crippen LogP contribution >= 0.6 is 0 Å². The number of carbonyl (C=O) groups is 1. The Balaban J connectivity index is 2.21. The van der Waals surface area contributed by atoms with Gasteiger partial charge in [0.05, 0.1) is 6.10 Å². The van der Waals surface area contributed by atoms with Crippen LogP contribution in [0.2, 0.25) is 0 Å². The van der Waals surface area contributed by atoms with Crippen molar-refractivity contribution in [3.05, 3.63) is 19.1 Å². The zero-order chi connectivity index (χ0) is 11.9. The largest absolute Gasteiger partial charge is 0.388 e. The first-order chi connectivity index (χ1) is 7.50. The molecule has 1 amide bonds. The van der Waals surface area contributed by atoms with E-state index in [0.29, 0.717) is 0 Å². The maximum Gasteiger partial charge on any atom is 0.288 e. The number of carbonyl (C=O) groups excluding carboxylic acids is 1. The van der Waals surface area contributed by atoms with Crippen LogP contribution in [0.4, 0.5) is 0 Å². The monoisotopic (exact) mass is 227 g/mol. The molecule has 1 saturated heterocycles. The van der Waals surface area contributed by atoms with Crippen molar-refractivity contribution in [2.45, 2.75) is 24.5 Å². The average molecular weight is 227 g/mol. The summed E-state index contributed by atoms with van der Waals surface area (Å²) in [5, 5.41) is 22.8. The first-order valence-electron chi connectivity index (χ1n) is 4.56. The molecule has 8 nitrogen and oxygen atoms in total. The Bertz CT molecular complexity index is 406. The quantitative estimate of drug-likeness (QED) is 0.528. The molecule has 87 valence electrons. The van der Waals surface area contributed by atoms with Crippen molar-refractivity contribution in [2.24, 2.45) is 5.73 Å². The third-order valence-electron chi connectivity index (χ3n) is 2.33. The molecule has 2 heterocycles. The molecule has 0 unspecified atom stereocenters. The first-order valence-corrected chi connectivity index (χ1v) is 4.56. The molecule has 1 aromatic rings. The Labute approximate surface area is 90.6 Å². The second-order valence-electron chi connectivity index (χ2n) is 3.46. The van der Waals surface area contributed by atoms with Gasteiger partial charge in [0.2, 0.25) is 5.82 Å². The summed E-state index contributed by atoms with van der Waals surface area (Å²) in [4.78, 5) is 14.4. The smallest absolute Gasteiger partial charge is 0.288 e. The van der Waals surface area contributed by atoms with E-state index in [-0.39, 0.29) is 5.82 Å². The Morgan fingerprint density at radius 1 is 1.56 bits per heavy atom. The van der Waals surface area contributed by atoms with Crippen molar-refractivity contribution in [3.63, 3.8) is 0 Å². The van der Waals surface area contributed by atoms with Gasteiger partial charge < -0.3 is 20.7 Å². The summed E-state index contributed by atoms with van der Waals surface area (Å²) < 4.78 is 6.29. The summed E-state index contributed by atoms with van der Waals surface area (Å²) in [6, 6.07) is 0. The van der Waals surface area contributed by atoms with Gasteiger partial charge in [-0.3, -0.25) is 4.79 Å². The van der Waals surface area contributed by atoms with Crippen LogP contribution in [0.1, 0.15) is 16.8 Å². The van der Waals surface area contributed by atoms with Gasteiger partial charge in [-0.15, -0.1) is 5.10 Å². The van der Waals surface area contributed by atoms with Crippen LogP contribution in [0.3, 0.4) is 0 Å². The third-order valence-corrected chi connectivity index (χ3v) is 2.33. The Hall–Kier alpha value is -1.51. The minimum absolute atomic E-state index is 0.183. The number of nitrogens with two attached hydrogens (primary N) is 1. The Morgan fingerprint density at radius 2 is 2.25 bits per heavy atom. The molecule has 1 aliphatic heterocycles. The lowest BCUT2D eigenvalue weighted by atomic mass is 10.1. The molecule has 0 aromatic carbocycles. The Kier molecular flexibility index (Phi) is 2.62. The molecule has 4 N–H and O–H groups in total. The van der Waals surface area contributed by atoms with E-state index >= 15 is 0 Å². The summed E-state index contributed by atoms with van der Waals surface area (Å²) in [5.74, 6) is -0.962. The second-order valence-corrected chi connectivity index (χ2v) is 3.46. The predicted molar refractivity (Wildman–Crippen MR) is 49.8 cm³/mol. The molecule has 4 atom stereocenters. The van der Waals surface area contributed by atoms with Gasteiger partial charge in [0.1, 0.15) is 18.5 Å². The highest BCUT2D eigenvalue weighted by molar-refractivity contribution is 5.88. The average Bonchev–Trinajstić information content (AvgIpc) is 2.79. The summed E-state index contributed by atoms with van der Waals surface area (Å²) in [5.41, 5.74) is 4.97. The van der Waals surface area contributed by atoms with Gasteiger partial charge in [-0.25, -0.2) is 9.67 Å². The minimum atomic E-state index is -1.18. The number of aromatic nitrogens is 3. The van der Waals surface area contributed by atoms with Gasteiger partial charge in [-0.2, -0.15) is 0 Å². The van der Waals surface area contributed by atoms with Gasteiger partial charge in [-0.1, -0.05) is 0 Å². The van der Waals surface area contributed by atoms with E-state index in [1.165, 1.54) is 6.33 Å². The number of amides is 1. The van der Waals surface area contributed by atoms with Crippen molar-refractivity contribution in [1.82, 2.24) is 14.8 Å². The normalized spacial score (nSPS) is 34.2. The molecule has 0 spiro atoms. The van der Waals surface area contributed by atoms with Crippen LogP contribution in [0.5, 0.6) is 0 Å². The molecule has 0 aliphatic carbocycles. The highest BCUT2D eigenvalue weighted by Gasteiger charge is 2.42. The molecule has 2 rings (SSSR count). The molecule has 1 aromatic heterocycles. The fourth-order valence-electron chi connectivity index (χ4n) is 1.46. The van der Waals surface area contributed by atoms with Crippen molar-refractivity contribution < 1.29 is 19.7 Å². The van der Waals surface area contributed by atoms with Crippen LogP contribution < -0.4 is 5.73 Å². The van der Waals surface area contributed by atoms with Gasteiger partial charge in [0, 0.05) is 0 Å². The summed E-state index contributed by atoms with van der Waals surface area (Å²) in [6.07, 6.45) is -2.77. The summed E-state index contributed by atoms with van der Waals surface area (Å²) in [7, 11) is 0. The summed E-state index contributed by atoms with van der Waals surface area (Å²) >= 11 is 0. The van der Waals surface area contributed by atoms with Crippen molar-refractivity contribution >= 4 is 5.91 Å². The molecule has 16 heavy (non-hydrogen) atoms. The molecule has 1 aliphatic rings. The molecular weight excluding hydrogens is 216 g/mol. The zero-order valence-corrected chi connectivity index (χ0v) is 8.22. The van der Waals surface area contributed by atoms with Gasteiger partial charge in [0.25, 0.3) is 5.91 Å². The number of primary amides is 1. The molecule has 0 bridgehead atoms. The maximum atomic E-state index is 10.8. The molecule has 8 heteroatoms. The lowest BCUT2D eigenvalue weighted by molar-refractivity contribution is -0.0351. The van der Waals surface area contributed by atoms with Crippen LogP contribution in [0.25, 0.3) is 0 Å². The maximum absolute atomic E-state index is 10.8. The van der Waals surface area contributed by atoms with Crippen molar-refractivity contribution in [1.29, 1.82) is 0 Å². The molecule has 1 radical (unpaired) electrons. The lowest BCUT2D eigenvalue weighted by Crippen LogP contribution is -2.30. The van der Waals surface area contributed by atoms with Crippen LogP contribution in [-0.4, -0.2) is 49.2 Å². The number of hydrogen-bond donors (Lipinski definition) is 3. The molecule has 0 saturated carbocycles. The van der Waals surface area contributed by atoms with E-state index in [1.807, 2.05) is 0 Å². The summed E-state index contributed by atoms with van der Waals surface area (Å²) in [6.45, 7) is 3.50. The molecule has 1 fully saturated rings. The van der Waals surface area contributed by atoms with Crippen LogP contribution in [0.15, 0.2) is 6.33 Å². The third kappa shape index (κ3) is 1.66. The van der Waals surface area contributed by atoms with Crippen LogP contribution in [-0.2, 0) is 4.74 Å². The molecular formula is C8H11N4O4. The highest BCUT2D eigenvalue weighted by Crippen LogP contribution is 2.27. The van der Waals surface area contributed by atoms with E-state index < -0.39 is 30.4 Å². The lowest BCUT2D eigenvalue weighted by Gasteiger charge is -2.13. The number of hydrogen-bond acceptors (Lipinski definition) is 6. The standard InChI is InChI=1S/C8H11N4O4/c1-3-4(13)5(14)8(16-3)12-2-10-7(11-12)6(9)15/h2-5,8,13-14H,1H2,(H2,9,15)/t3-,4-,5-,8-/m1/s1. The van der Waals surface area contributed by atoms with E-state index in [2.05, 4.69) is 17.0 Å². The van der Waals surface area contributed by atoms with Crippen molar-refractivity contribution in [2.75, 3.05) is 0 Å². The number of aliphatic hydroxyl groups excluding tert-OH is 2. The van der Waals surface area contributed by atoms with Crippen molar-refractivity contribution in [3.8, 4) is 0 Å². The van der Waals surface area contributed by atoms with E-state index in [1.54, 1.807) is 0 Å². The fraction of sp³-hybridized carbons (Fsp3) is 0.500. The first kappa shape index (κ1) is 11.0. The number of rotatable bonds is 2. The minimum Gasteiger partial charge on any atom is -0.388 e. The second kappa shape index (κ2) is 3.81. The number of aliphatic hydroxyl groups is 2. The van der Waals surface area contributed by atoms with Crippen LogP contribution in [0, 0.1) is 6.92 Å². The van der Waals surface area contributed by atoms with Gasteiger partial charge >= 0.3 is 0 Å². The van der Waals surface area contributed by atoms with E-state index in [4.69, 9.17) is 10.5 Å². The predicted octanol–water partition coefficient (Wildman–Crippen LogP) is -2.17. The number of ether oxygens (including phenoxy) is 1. The van der Waals surface area contributed by atoms with E-state index in [0.717, 1.165) is 4.68 Å². The van der Waals surface area contributed by atoms with E-state index in [9.17, 15) is 15.0 Å². The van der Waals surface area contributed by atoms with Gasteiger partial charge in [0.15, 0.2) is 6.23 Å². The number of nitrogens with zero attached hydrogens (tertiary/aromatic N) is 3. The highest BCUT2D eigenvalue weighted by atomic mass is 16.6. The SMILES string of the molecule is [CH2][C@H]1O[C@@H](n2cnc(C(N)=O)n2)[C@H](O)[C@@H]1O. The Morgan fingerprint density at radius 3 is 2.69 bits per heavy atom. The van der Waals surface area contributed by atoms with Gasteiger partial charge in [-0.05, 0) is 6.92 Å². The topological polar surface area (TPSA) is 123 Å².